The minimum absolute atomic E-state index is 0.0490. The van der Waals surface area contributed by atoms with Crippen molar-refractivity contribution in [1.29, 1.82) is 0 Å². The topological polar surface area (TPSA) is 85.2 Å². The van der Waals surface area contributed by atoms with Gasteiger partial charge in [0, 0.05) is 23.8 Å². The van der Waals surface area contributed by atoms with Crippen molar-refractivity contribution < 1.29 is 14.3 Å². The Bertz CT molecular complexity index is 773. The predicted molar refractivity (Wildman–Crippen MR) is 106 cm³/mol. The third kappa shape index (κ3) is 4.70. The van der Waals surface area contributed by atoms with Gasteiger partial charge in [-0.1, -0.05) is 12.1 Å². The van der Waals surface area contributed by atoms with E-state index in [0.29, 0.717) is 24.3 Å². The van der Waals surface area contributed by atoms with Gasteiger partial charge in [-0.05, 0) is 49.7 Å². The van der Waals surface area contributed by atoms with Crippen molar-refractivity contribution in [2.45, 2.75) is 24.1 Å². The second-order valence-corrected chi connectivity index (χ2v) is 7.44. The lowest BCUT2D eigenvalue weighted by Gasteiger charge is -2.36. The van der Waals surface area contributed by atoms with E-state index in [1.807, 2.05) is 36.5 Å². The van der Waals surface area contributed by atoms with Crippen LogP contribution >= 0.6 is 11.8 Å². The molecule has 1 saturated heterocycles. The normalized spacial score (nSPS) is 15.9. The van der Waals surface area contributed by atoms with Gasteiger partial charge in [0.15, 0.2) is 0 Å². The molecule has 0 bridgehead atoms. The molecule has 1 amide bonds. The van der Waals surface area contributed by atoms with Gasteiger partial charge in [-0.25, -0.2) is 0 Å². The second-order valence-electron chi connectivity index (χ2n) is 6.46. The molecule has 7 nitrogen and oxygen atoms in total. The van der Waals surface area contributed by atoms with Crippen LogP contribution in [0.1, 0.15) is 18.4 Å². The monoisotopic (exact) mass is 388 g/mol. The third-order valence-corrected chi connectivity index (χ3v) is 5.67. The molecule has 3 rings (SSSR count). The highest BCUT2D eigenvalue weighted by molar-refractivity contribution is 7.99. The molecule has 2 N–H and O–H groups in total. The first-order valence-corrected chi connectivity index (χ1v) is 10.1. The molecule has 0 unspecified atom stereocenters. The summed E-state index contributed by atoms with van der Waals surface area (Å²) in [4.78, 5) is 24.4. The maximum atomic E-state index is 13.2. The van der Waals surface area contributed by atoms with E-state index in [9.17, 15) is 9.59 Å². The van der Waals surface area contributed by atoms with Crippen molar-refractivity contribution >= 4 is 29.3 Å². The van der Waals surface area contributed by atoms with Crippen molar-refractivity contribution in [2.75, 3.05) is 31.3 Å². The van der Waals surface area contributed by atoms with Crippen molar-refractivity contribution in [3.8, 4) is 0 Å². The lowest BCUT2D eigenvalue weighted by Crippen LogP contribution is -2.52. The molecule has 1 fully saturated rings. The number of methoxy groups -OCH3 is 1. The van der Waals surface area contributed by atoms with Crippen LogP contribution in [0.15, 0.2) is 42.7 Å². The van der Waals surface area contributed by atoms with E-state index in [4.69, 9.17) is 0 Å². The van der Waals surface area contributed by atoms with E-state index in [1.165, 1.54) is 18.9 Å². The SMILES string of the molecule is COC(=O)CSCc1cccc(NC(=O)C2(n3cccn3)CCNCC2)c1. The van der Waals surface area contributed by atoms with Crippen LogP contribution in [0.4, 0.5) is 5.69 Å². The van der Waals surface area contributed by atoms with E-state index in [0.717, 1.165) is 24.3 Å². The van der Waals surface area contributed by atoms with Crippen LogP contribution in [0.25, 0.3) is 0 Å². The van der Waals surface area contributed by atoms with E-state index >= 15 is 0 Å². The van der Waals surface area contributed by atoms with Gasteiger partial charge in [-0.2, -0.15) is 5.10 Å². The van der Waals surface area contributed by atoms with Gasteiger partial charge >= 0.3 is 5.97 Å². The van der Waals surface area contributed by atoms with Gasteiger partial charge < -0.3 is 15.4 Å². The summed E-state index contributed by atoms with van der Waals surface area (Å²) >= 11 is 1.48. The van der Waals surface area contributed by atoms with E-state index in [-0.39, 0.29) is 11.9 Å². The maximum Gasteiger partial charge on any atom is 0.315 e. The number of ether oxygens (including phenoxy) is 1. The van der Waals surface area contributed by atoms with Crippen LogP contribution < -0.4 is 10.6 Å². The second kappa shape index (κ2) is 9.05. The summed E-state index contributed by atoms with van der Waals surface area (Å²) in [7, 11) is 1.38. The molecule has 8 heteroatoms. The number of anilines is 1. The molecule has 1 aliphatic rings. The number of esters is 1. The third-order valence-electron chi connectivity index (χ3n) is 4.70. The Morgan fingerprint density at radius 2 is 2.15 bits per heavy atom. The summed E-state index contributed by atoms with van der Waals surface area (Å²) in [6, 6.07) is 9.56. The van der Waals surface area contributed by atoms with Crippen LogP contribution in [-0.4, -0.2) is 47.6 Å². The first-order chi connectivity index (χ1) is 13.1. The lowest BCUT2D eigenvalue weighted by atomic mass is 9.87. The number of hydrogen-bond donors (Lipinski definition) is 2. The van der Waals surface area contributed by atoms with Gasteiger partial charge in [0.25, 0.3) is 5.91 Å². The number of piperidine rings is 1. The van der Waals surface area contributed by atoms with Gasteiger partial charge in [-0.3, -0.25) is 14.3 Å². The summed E-state index contributed by atoms with van der Waals surface area (Å²) < 4.78 is 6.43. The molecule has 0 spiro atoms. The highest BCUT2D eigenvalue weighted by Crippen LogP contribution is 2.29. The van der Waals surface area contributed by atoms with Crippen molar-refractivity contribution in [2.24, 2.45) is 0 Å². The summed E-state index contributed by atoms with van der Waals surface area (Å²) in [6.07, 6.45) is 4.94. The van der Waals surface area contributed by atoms with Crippen molar-refractivity contribution in [1.82, 2.24) is 15.1 Å². The molecule has 2 aromatic rings. The Balaban J connectivity index is 1.69. The molecule has 27 heavy (non-hydrogen) atoms. The van der Waals surface area contributed by atoms with Crippen LogP contribution in [0, 0.1) is 0 Å². The zero-order chi connectivity index (χ0) is 19.1. The summed E-state index contributed by atoms with van der Waals surface area (Å²) in [5, 5.41) is 10.7. The number of carbonyl (C=O) groups is 2. The predicted octanol–water partition coefficient (Wildman–Crippen LogP) is 2.01. The number of nitrogens with zero attached hydrogens (tertiary/aromatic N) is 2. The molecule has 1 aromatic heterocycles. The standard InChI is InChI=1S/C19H24N4O3S/c1-26-17(24)14-27-13-15-4-2-5-16(12-15)22-18(25)19(6-9-20-10-7-19)23-11-3-8-21-23/h2-5,8,11-12,20H,6-7,9-10,13-14H2,1H3,(H,22,25). The Morgan fingerprint density at radius 3 is 2.85 bits per heavy atom. The number of carbonyl (C=O) groups excluding carboxylic acids is 2. The van der Waals surface area contributed by atoms with Crippen LogP contribution in [-0.2, 0) is 25.6 Å². The number of nitrogens with one attached hydrogen (secondary N) is 2. The van der Waals surface area contributed by atoms with Crippen LogP contribution in [0.2, 0.25) is 0 Å². The molecule has 0 saturated carbocycles. The first-order valence-electron chi connectivity index (χ1n) is 8.90. The molecule has 2 heterocycles. The Morgan fingerprint density at radius 1 is 1.33 bits per heavy atom. The molecule has 144 valence electrons. The Kier molecular flexibility index (Phi) is 6.52. The Hall–Kier alpha value is -2.32. The smallest absolute Gasteiger partial charge is 0.315 e. The number of aromatic nitrogens is 2. The molecular weight excluding hydrogens is 364 g/mol. The number of amides is 1. The summed E-state index contributed by atoms with van der Waals surface area (Å²) in [5.74, 6) is 0.693. The Labute approximate surface area is 162 Å². The number of hydrogen-bond acceptors (Lipinski definition) is 6. The van der Waals surface area contributed by atoms with Crippen LogP contribution in [0.3, 0.4) is 0 Å². The zero-order valence-corrected chi connectivity index (χ0v) is 16.1. The number of thioether (sulfide) groups is 1. The van der Waals surface area contributed by atoms with Gasteiger partial charge in [0.05, 0.1) is 12.9 Å². The largest absolute Gasteiger partial charge is 0.468 e. The average molecular weight is 388 g/mol. The fraction of sp³-hybridized carbons (Fsp3) is 0.421. The van der Waals surface area contributed by atoms with Crippen LogP contribution in [0.5, 0.6) is 0 Å². The van der Waals surface area contributed by atoms with Gasteiger partial charge in [0.2, 0.25) is 0 Å². The maximum absolute atomic E-state index is 13.2. The fourth-order valence-electron chi connectivity index (χ4n) is 3.22. The first kappa shape index (κ1) is 19.4. The van der Waals surface area contributed by atoms with Gasteiger partial charge in [-0.15, -0.1) is 11.8 Å². The fourth-order valence-corrected chi connectivity index (χ4v) is 4.02. The molecule has 0 radical (unpaired) electrons. The molecule has 0 aliphatic carbocycles. The minimum Gasteiger partial charge on any atom is -0.468 e. The van der Waals surface area contributed by atoms with Crippen molar-refractivity contribution in [3.63, 3.8) is 0 Å². The molecular formula is C19H24N4O3S. The molecule has 1 aliphatic heterocycles. The minimum atomic E-state index is -0.676. The van der Waals surface area contributed by atoms with E-state index < -0.39 is 5.54 Å². The lowest BCUT2D eigenvalue weighted by molar-refractivity contribution is -0.137. The molecule has 0 atom stereocenters. The summed E-state index contributed by atoms with van der Waals surface area (Å²) in [6.45, 7) is 1.55. The van der Waals surface area contributed by atoms with Crippen molar-refractivity contribution in [3.05, 3.63) is 48.3 Å². The van der Waals surface area contributed by atoms with Gasteiger partial charge in [0.1, 0.15) is 5.54 Å². The summed E-state index contributed by atoms with van der Waals surface area (Å²) in [5.41, 5.74) is 1.12. The number of benzene rings is 1. The zero-order valence-electron chi connectivity index (χ0n) is 15.3. The highest BCUT2D eigenvalue weighted by Gasteiger charge is 2.42. The van der Waals surface area contributed by atoms with E-state index in [2.05, 4.69) is 20.5 Å². The molecule has 1 aromatic carbocycles. The highest BCUT2D eigenvalue weighted by atomic mass is 32.2. The number of rotatable bonds is 7. The quantitative estimate of drug-likeness (QED) is 0.706. The average Bonchev–Trinajstić information content (AvgIpc) is 3.24. The van der Waals surface area contributed by atoms with E-state index in [1.54, 1.807) is 10.9 Å².